The molecule has 0 unspecified atom stereocenters. The van der Waals surface area contributed by atoms with Crippen LogP contribution in [0, 0.1) is 0 Å². The van der Waals surface area contributed by atoms with Crippen LogP contribution in [0.4, 0.5) is 5.69 Å². The summed E-state index contributed by atoms with van der Waals surface area (Å²) >= 11 is 0. The molecule has 0 radical (unpaired) electrons. The van der Waals surface area contributed by atoms with Crippen LogP contribution >= 0.6 is 0 Å². The van der Waals surface area contributed by atoms with Crippen molar-refractivity contribution in [2.24, 2.45) is 0 Å². The Kier molecular flexibility index (Phi) is 5.36. The average molecular weight is 342 g/mol. The summed E-state index contributed by atoms with van der Waals surface area (Å²) in [6.45, 7) is 7.86. The van der Waals surface area contributed by atoms with Crippen LogP contribution in [0.2, 0.25) is 0 Å². The van der Waals surface area contributed by atoms with Crippen LogP contribution in [0.3, 0.4) is 0 Å². The lowest BCUT2D eigenvalue weighted by molar-refractivity contribution is -0.129. The van der Waals surface area contributed by atoms with Crippen molar-refractivity contribution in [3.05, 3.63) is 41.5 Å². The van der Waals surface area contributed by atoms with Crippen molar-refractivity contribution in [2.45, 2.75) is 52.0 Å². The van der Waals surface area contributed by atoms with Crippen LogP contribution in [-0.2, 0) is 11.2 Å². The van der Waals surface area contributed by atoms with E-state index in [9.17, 15) is 4.79 Å². The minimum absolute atomic E-state index is 0.0721. The smallest absolute Gasteiger partial charge is 0.248 e. The van der Waals surface area contributed by atoms with Gasteiger partial charge in [-0.25, -0.2) is 0 Å². The number of aromatic nitrogens is 2. The molecule has 0 aliphatic carbocycles. The van der Waals surface area contributed by atoms with Crippen molar-refractivity contribution < 1.29 is 9.32 Å². The Morgan fingerprint density at radius 2 is 1.88 bits per heavy atom. The molecule has 1 atom stereocenters. The van der Waals surface area contributed by atoms with E-state index in [2.05, 4.69) is 15.5 Å². The Morgan fingerprint density at radius 3 is 2.48 bits per heavy atom. The Bertz CT molecular complexity index is 702. The Labute approximate surface area is 148 Å². The summed E-state index contributed by atoms with van der Waals surface area (Å²) in [5.41, 5.74) is 2.00. The lowest BCUT2D eigenvalue weighted by atomic mass is 10.1. The van der Waals surface area contributed by atoms with Crippen molar-refractivity contribution >= 4 is 11.6 Å². The summed E-state index contributed by atoms with van der Waals surface area (Å²) < 4.78 is 5.32. The number of nitrogens with one attached hydrogen (secondary N) is 1. The van der Waals surface area contributed by atoms with Gasteiger partial charge in [-0.05, 0) is 37.5 Å². The Morgan fingerprint density at radius 1 is 1.20 bits per heavy atom. The molecule has 6 heteroatoms. The highest BCUT2D eigenvalue weighted by atomic mass is 16.5. The van der Waals surface area contributed by atoms with Crippen LogP contribution in [0.5, 0.6) is 0 Å². The number of carbonyl (C=O) groups is 1. The van der Waals surface area contributed by atoms with Gasteiger partial charge in [0.05, 0.1) is 6.42 Å². The number of hydrogen-bond acceptors (Lipinski definition) is 5. The predicted octanol–water partition coefficient (Wildman–Crippen LogP) is 3.53. The van der Waals surface area contributed by atoms with Gasteiger partial charge in [0.2, 0.25) is 11.8 Å². The molecule has 3 rings (SSSR count). The van der Waals surface area contributed by atoms with Crippen molar-refractivity contribution in [1.29, 1.82) is 0 Å². The molecular formula is C19H26N4O2. The number of hydrogen-bond donors (Lipinski definition) is 1. The second kappa shape index (κ2) is 7.68. The number of amides is 1. The fourth-order valence-corrected chi connectivity index (χ4v) is 2.94. The molecule has 1 aliphatic rings. The third-order valence-electron chi connectivity index (χ3n) is 4.50. The van der Waals surface area contributed by atoms with Gasteiger partial charge in [-0.1, -0.05) is 31.1 Å². The van der Waals surface area contributed by atoms with Crippen LogP contribution in [0.15, 0.2) is 28.8 Å². The van der Waals surface area contributed by atoms with Gasteiger partial charge in [-0.15, -0.1) is 0 Å². The van der Waals surface area contributed by atoms with E-state index >= 15 is 0 Å². The van der Waals surface area contributed by atoms with Crippen molar-refractivity contribution in [2.75, 3.05) is 18.4 Å². The van der Waals surface area contributed by atoms with E-state index in [1.54, 1.807) is 0 Å². The first-order valence-corrected chi connectivity index (χ1v) is 8.99. The third kappa shape index (κ3) is 4.38. The zero-order chi connectivity index (χ0) is 17.8. The molecule has 0 bridgehead atoms. The van der Waals surface area contributed by atoms with E-state index < -0.39 is 0 Å². The largest absolute Gasteiger partial charge is 0.374 e. The molecule has 1 amide bonds. The molecule has 0 spiro atoms. The quantitative estimate of drug-likeness (QED) is 0.869. The predicted molar refractivity (Wildman–Crippen MR) is 96.4 cm³/mol. The molecule has 1 aromatic heterocycles. The molecule has 2 heterocycles. The summed E-state index contributed by atoms with van der Waals surface area (Å²) in [5.74, 6) is 1.77. The lowest BCUT2D eigenvalue weighted by Gasteiger charge is -2.15. The number of benzene rings is 1. The minimum Gasteiger partial charge on any atom is -0.374 e. The fraction of sp³-hybridized carbons (Fsp3) is 0.526. The summed E-state index contributed by atoms with van der Waals surface area (Å²) in [5, 5.41) is 7.35. The molecule has 1 aliphatic heterocycles. The SMILES string of the molecule is CC(C)c1noc([C@H](C)Nc2ccc(CC(=O)N3CCCC3)cc2)n1. The van der Waals surface area contributed by atoms with E-state index in [1.165, 1.54) is 0 Å². The molecule has 1 saturated heterocycles. The van der Waals surface area contributed by atoms with E-state index in [0.29, 0.717) is 12.3 Å². The van der Waals surface area contributed by atoms with Gasteiger partial charge >= 0.3 is 0 Å². The standard InChI is InChI=1S/C19H26N4O2/c1-13(2)18-21-19(25-22-18)14(3)20-16-8-6-15(7-9-16)12-17(24)23-10-4-5-11-23/h6-9,13-14,20H,4-5,10-12H2,1-3H3/t14-/m0/s1. The highest BCUT2D eigenvalue weighted by Gasteiger charge is 2.18. The van der Waals surface area contributed by atoms with Gasteiger partial charge in [0, 0.05) is 24.7 Å². The normalized spacial score (nSPS) is 15.6. The summed E-state index contributed by atoms with van der Waals surface area (Å²) in [4.78, 5) is 18.6. The number of rotatable bonds is 6. The molecule has 6 nitrogen and oxygen atoms in total. The van der Waals surface area contributed by atoms with Crippen LogP contribution in [0.1, 0.15) is 62.9 Å². The third-order valence-corrected chi connectivity index (χ3v) is 4.50. The van der Waals surface area contributed by atoms with Gasteiger partial charge in [0.25, 0.3) is 0 Å². The maximum absolute atomic E-state index is 12.2. The fourth-order valence-electron chi connectivity index (χ4n) is 2.94. The number of anilines is 1. The second-order valence-electron chi connectivity index (χ2n) is 6.97. The van der Waals surface area contributed by atoms with Gasteiger partial charge < -0.3 is 14.7 Å². The van der Waals surface area contributed by atoms with Gasteiger partial charge in [-0.3, -0.25) is 4.79 Å². The number of carbonyl (C=O) groups excluding carboxylic acids is 1. The minimum atomic E-state index is -0.0721. The molecule has 2 aromatic rings. The summed E-state index contributed by atoms with van der Waals surface area (Å²) in [6, 6.07) is 7.90. The Hall–Kier alpha value is -2.37. The van der Waals surface area contributed by atoms with Crippen LogP contribution in [0.25, 0.3) is 0 Å². The van der Waals surface area contributed by atoms with Crippen LogP contribution < -0.4 is 5.32 Å². The van der Waals surface area contributed by atoms with Crippen molar-refractivity contribution in [3.8, 4) is 0 Å². The van der Waals surface area contributed by atoms with Gasteiger partial charge in [-0.2, -0.15) is 4.98 Å². The number of likely N-dealkylation sites (tertiary alicyclic amines) is 1. The van der Waals surface area contributed by atoms with Crippen molar-refractivity contribution in [3.63, 3.8) is 0 Å². The van der Waals surface area contributed by atoms with E-state index in [1.807, 2.05) is 49.9 Å². The zero-order valence-electron chi connectivity index (χ0n) is 15.2. The maximum atomic E-state index is 12.2. The second-order valence-corrected chi connectivity index (χ2v) is 6.97. The first kappa shape index (κ1) is 17.5. The molecule has 1 aromatic carbocycles. The van der Waals surface area contributed by atoms with Crippen molar-refractivity contribution in [1.82, 2.24) is 15.0 Å². The molecule has 134 valence electrons. The zero-order valence-corrected chi connectivity index (χ0v) is 15.2. The van der Waals surface area contributed by atoms with E-state index in [0.717, 1.165) is 43.0 Å². The molecule has 25 heavy (non-hydrogen) atoms. The molecule has 1 N–H and O–H groups in total. The number of nitrogens with zero attached hydrogens (tertiary/aromatic N) is 3. The van der Waals surface area contributed by atoms with Crippen LogP contribution in [-0.4, -0.2) is 34.0 Å². The molecule has 1 fully saturated rings. The summed E-state index contributed by atoms with van der Waals surface area (Å²) in [6.07, 6.45) is 2.72. The van der Waals surface area contributed by atoms with E-state index in [4.69, 9.17) is 4.52 Å². The van der Waals surface area contributed by atoms with E-state index in [-0.39, 0.29) is 17.9 Å². The average Bonchev–Trinajstić information content (AvgIpc) is 3.28. The van der Waals surface area contributed by atoms with Gasteiger partial charge in [0.1, 0.15) is 6.04 Å². The topological polar surface area (TPSA) is 71.3 Å². The molecule has 0 saturated carbocycles. The first-order chi connectivity index (χ1) is 12.0. The monoisotopic (exact) mass is 342 g/mol. The summed E-state index contributed by atoms with van der Waals surface area (Å²) in [7, 11) is 0. The lowest BCUT2D eigenvalue weighted by Crippen LogP contribution is -2.29. The molecular weight excluding hydrogens is 316 g/mol. The van der Waals surface area contributed by atoms with Gasteiger partial charge in [0.15, 0.2) is 5.82 Å². The first-order valence-electron chi connectivity index (χ1n) is 8.99. The highest BCUT2D eigenvalue weighted by molar-refractivity contribution is 5.79. The Balaban J connectivity index is 1.57. The highest BCUT2D eigenvalue weighted by Crippen LogP contribution is 2.20. The maximum Gasteiger partial charge on any atom is 0.248 e.